The number of alkyl halides is 3. The number of benzene rings is 2. The number of rotatable bonds is 5. The van der Waals surface area contributed by atoms with Gasteiger partial charge in [-0.15, -0.1) is 0 Å². The van der Waals surface area contributed by atoms with Crippen LogP contribution in [0.1, 0.15) is 47.3 Å². The molecule has 0 radical (unpaired) electrons. The molecule has 0 saturated heterocycles. The Morgan fingerprint density at radius 3 is 2.46 bits per heavy atom. The van der Waals surface area contributed by atoms with Gasteiger partial charge in [0, 0.05) is 0 Å². The van der Waals surface area contributed by atoms with Crippen molar-refractivity contribution in [2.24, 2.45) is 5.73 Å². The summed E-state index contributed by atoms with van der Waals surface area (Å²) in [5.74, 6) is -0.569. The van der Waals surface area contributed by atoms with Gasteiger partial charge in [-0.05, 0) is 36.2 Å². The van der Waals surface area contributed by atoms with Crippen molar-refractivity contribution in [1.82, 2.24) is 9.55 Å². The van der Waals surface area contributed by atoms with Gasteiger partial charge in [0.05, 0.1) is 34.5 Å². The number of hydrogen-bond acceptors (Lipinski definition) is 2. The molecular formula is C19H18F3N3O. The van der Waals surface area contributed by atoms with Gasteiger partial charge in [-0.2, -0.15) is 13.2 Å². The summed E-state index contributed by atoms with van der Waals surface area (Å²) in [6.45, 7) is 1.99. The van der Waals surface area contributed by atoms with Crippen LogP contribution in [0.2, 0.25) is 0 Å². The lowest BCUT2D eigenvalue weighted by Gasteiger charge is -2.21. The van der Waals surface area contributed by atoms with E-state index in [0.29, 0.717) is 23.0 Å². The Balaban J connectivity index is 2.12. The number of nitrogens with zero attached hydrogens (tertiary/aromatic N) is 2. The minimum Gasteiger partial charge on any atom is -0.366 e. The highest BCUT2D eigenvalue weighted by Crippen LogP contribution is 2.33. The summed E-state index contributed by atoms with van der Waals surface area (Å²) in [5, 5.41) is 0. The number of nitrogens with two attached hydrogens (primary N) is 1. The van der Waals surface area contributed by atoms with Gasteiger partial charge in [-0.25, -0.2) is 4.98 Å². The molecule has 4 nitrogen and oxygen atoms in total. The predicted octanol–water partition coefficient (Wildman–Crippen LogP) is 4.54. The molecule has 0 fully saturated rings. The number of primary amides is 1. The van der Waals surface area contributed by atoms with Crippen LogP contribution in [0.5, 0.6) is 0 Å². The van der Waals surface area contributed by atoms with Crippen molar-refractivity contribution in [3.8, 4) is 0 Å². The van der Waals surface area contributed by atoms with Crippen LogP contribution in [0.3, 0.4) is 0 Å². The van der Waals surface area contributed by atoms with Crippen molar-refractivity contribution in [1.29, 1.82) is 0 Å². The third-order valence-corrected chi connectivity index (χ3v) is 4.38. The van der Waals surface area contributed by atoms with Crippen LogP contribution in [-0.4, -0.2) is 15.5 Å². The van der Waals surface area contributed by atoms with Crippen molar-refractivity contribution < 1.29 is 18.0 Å². The van der Waals surface area contributed by atoms with Gasteiger partial charge in [0.1, 0.15) is 0 Å². The van der Waals surface area contributed by atoms with Crippen molar-refractivity contribution >= 4 is 16.9 Å². The van der Waals surface area contributed by atoms with Crippen molar-refractivity contribution in [3.63, 3.8) is 0 Å². The number of carbonyl (C=O) groups excluding carboxylic acids is 1. The Labute approximate surface area is 148 Å². The van der Waals surface area contributed by atoms with E-state index in [1.807, 2.05) is 11.5 Å². The molecule has 0 spiro atoms. The van der Waals surface area contributed by atoms with Crippen LogP contribution in [-0.2, 0) is 6.18 Å². The van der Waals surface area contributed by atoms with E-state index in [4.69, 9.17) is 5.73 Å². The van der Waals surface area contributed by atoms with Gasteiger partial charge in [0.2, 0.25) is 0 Å². The number of amides is 1. The molecule has 1 heterocycles. The molecular weight excluding hydrogens is 343 g/mol. The van der Waals surface area contributed by atoms with Gasteiger partial charge in [0.25, 0.3) is 5.91 Å². The summed E-state index contributed by atoms with van der Waals surface area (Å²) in [4.78, 5) is 16.1. The molecule has 3 rings (SSSR count). The zero-order valence-electron chi connectivity index (χ0n) is 14.1. The molecule has 1 aromatic heterocycles. The van der Waals surface area contributed by atoms with Crippen LogP contribution in [0.25, 0.3) is 11.0 Å². The first-order chi connectivity index (χ1) is 12.3. The summed E-state index contributed by atoms with van der Waals surface area (Å²) >= 11 is 0. The second-order valence-corrected chi connectivity index (χ2v) is 6.11. The number of fused-ring (bicyclic) bond motifs is 1. The molecule has 3 aromatic rings. The number of imidazole rings is 1. The highest BCUT2D eigenvalue weighted by molar-refractivity contribution is 6.04. The molecule has 0 aliphatic carbocycles. The van der Waals surface area contributed by atoms with E-state index in [9.17, 15) is 18.0 Å². The minimum absolute atomic E-state index is 0.243. The van der Waals surface area contributed by atoms with Gasteiger partial charge in [0.15, 0.2) is 0 Å². The Morgan fingerprint density at radius 2 is 1.88 bits per heavy atom. The van der Waals surface area contributed by atoms with E-state index in [1.54, 1.807) is 24.5 Å². The van der Waals surface area contributed by atoms with Crippen LogP contribution in [0.4, 0.5) is 13.2 Å². The third kappa shape index (κ3) is 3.29. The quantitative estimate of drug-likeness (QED) is 0.725. The van der Waals surface area contributed by atoms with Crippen LogP contribution < -0.4 is 5.73 Å². The normalized spacial score (nSPS) is 13.1. The average Bonchev–Trinajstić information content (AvgIpc) is 3.02. The van der Waals surface area contributed by atoms with Crippen molar-refractivity contribution in [3.05, 3.63) is 65.5 Å². The fourth-order valence-electron chi connectivity index (χ4n) is 3.16. The number of halogens is 3. The Kier molecular flexibility index (Phi) is 4.71. The molecule has 136 valence electrons. The van der Waals surface area contributed by atoms with Gasteiger partial charge in [-0.1, -0.05) is 31.5 Å². The van der Waals surface area contributed by atoms with Gasteiger partial charge < -0.3 is 10.3 Å². The highest BCUT2D eigenvalue weighted by Gasteiger charge is 2.30. The van der Waals surface area contributed by atoms with E-state index in [2.05, 4.69) is 4.98 Å². The molecule has 0 saturated carbocycles. The van der Waals surface area contributed by atoms with Crippen LogP contribution >= 0.6 is 0 Å². The zero-order chi connectivity index (χ0) is 18.9. The fourth-order valence-corrected chi connectivity index (χ4v) is 3.16. The number of carbonyl (C=O) groups is 1. The van der Waals surface area contributed by atoms with Crippen molar-refractivity contribution in [2.45, 2.75) is 32.0 Å². The summed E-state index contributed by atoms with van der Waals surface area (Å²) in [6.07, 6.45) is -1.28. The summed E-state index contributed by atoms with van der Waals surface area (Å²) < 4.78 is 40.3. The zero-order valence-corrected chi connectivity index (χ0v) is 14.1. The molecule has 1 atom stereocenters. The van der Waals surface area contributed by atoms with E-state index in [0.717, 1.165) is 24.1 Å². The second kappa shape index (κ2) is 6.82. The van der Waals surface area contributed by atoms with Crippen LogP contribution in [0.15, 0.2) is 48.8 Å². The summed E-state index contributed by atoms with van der Waals surface area (Å²) in [7, 11) is 0. The molecule has 0 bridgehead atoms. The first-order valence-corrected chi connectivity index (χ1v) is 8.25. The Hall–Kier alpha value is -2.83. The maximum Gasteiger partial charge on any atom is 0.416 e. The van der Waals surface area contributed by atoms with Gasteiger partial charge in [-0.3, -0.25) is 4.79 Å². The smallest absolute Gasteiger partial charge is 0.366 e. The highest BCUT2D eigenvalue weighted by atomic mass is 19.4. The third-order valence-electron chi connectivity index (χ3n) is 4.38. The first kappa shape index (κ1) is 18.0. The summed E-state index contributed by atoms with van der Waals surface area (Å²) in [5.41, 5.74) is 7.07. The lowest BCUT2D eigenvalue weighted by atomic mass is 10.00. The monoisotopic (exact) mass is 361 g/mol. The number of para-hydroxylation sites is 1. The number of aromatic nitrogens is 2. The van der Waals surface area contributed by atoms with Gasteiger partial charge >= 0.3 is 6.18 Å². The standard InChI is InChI=1S/C19H18F3N3O/c1-2-4-16(12-7-9-13(10-8-12)19(20,21)22)25-11-24-15-6-3-5-14(17(15)25)18(23)26/h3,5-11,16H,2,4H2,1H3,(H2,23,26)/t16-/m1/s1. The molecule has 7 heteroatoms. The minimum atomic E-state index is -4.38. The number of hydrogen-bond donors (Lipinski definition) is 1. The summed E-state index contributed by atoms with van der Waals surface area (Å²) in [6, 6.07) is 9.95. The van der Waals surface area contributed by atoms with E-state index in [1.165, 1.54) is 12.1 Å². The Morgan fingerprint density at radius 1 is 1.19 bits per heavy atom. The molecule has 2 aromatic carbocycles. The van der Waals surface area contributed by atoms with E-state index < -0.39 is 17.6 Å². The maximum atomic E-state index is 12.8. The second-order valence-electron chi connectivity index (χ2n) is 6.11. The van der Waals surface area contributed by atoms with Crippen LogP contribution in [0, 0.1) is 0 Å². The van der Waals surface area contributed by atoms with Crippen molar-refractivity contribution in [2.75, 3.05) is 0 Å². The van der Waals surface area contributed by atoms with E-state index >= 15 is 0 Å². The largest absolute Gasteiger partial charge is 0.416 e. The predicted molar refractivity (Wildman–Crippen MR) is 92.7 cm³/mol. The SMILES string of the molecule is CCC[C@H](c1ccc(C(F)(F)F)cc1)n1cnc2cccc(C(N)=O)c21. The Bertz CT molecular complexity index is 929. The molecule has 1 amide bonds. The fraction of sp³-hybridized carbons (Fsp3) is 0.263. The maximum absolute atomic E-state index is 12.8. The molecule has 0 aliphatic heterocycles. The molecule has 0 aliphatic rings. The van der Waals surface area contributed by atoms with E-state index in [-0.39, 0.29) is 6.04 Å². The molecule has 2 N–H and O–H groups in total. The first-order valence-electron chi connectivity index (χ1n) is 8.25. The lowest BCUT2D eigenvalue weighted by Crippen LogP contribution is -2.16. The topological polar surface area (TPSA) is 60.9 Å². The molecule has 0 unspecified atom stereocenters. The average molecular weight is 361 g/mol. The molecule has 26 heavy (non-hydrogen) atoms. The lowest BCUT2D eigenvalue weighted by molar-refractivity contribution is -0.137.